The average molecular weight is 272 g/mol. The number of carbonyl (C=O) groups excluding carboxylic acids is 1. The minimum Gasteiger partial charge on any atom is -0.496 e. The largest absolute Gasteiger partial charge is 0.496 e. The highest BCUT2D eigenvalue weighted by Gasteiger charge is 2.40. The molecule has 2 aromatic rings. The fourth-order valence-electron chi connectivity index (χ4n) is 2.02. The summed E-state index contributed by atoms with van der Waals surface area (Å²) in [5.41, 5.74) is 0.640. The zero-order chi connectivity index (χ0) is 14.6. The van der Waals surface area contributed by atoms with E-state index in [1.165, 1.54) is 14.2 Å². The lowest BCUT2D eigenvalue weighted by molar-refractivity contribution is -0.153. The highest BCUT2D eigenvalue weighted by Crippen LogP contribution is 2.30. The van der Waals surface area contributed by atoms with Crippen LogP contribution in [-0.2, 0) is 10.5 Å². The molecule has 1 unspecified atom stereocenters. The Hall–Kier alpha value is -2.17. The van der Waals surface area contributed by atoms with Gasteiger partial charge in [0.25, 0.3) is 5.79 Å². The minimum absolute atomic E-state index is 0.267. The van der Waals surface area contributed by atoms with Gasteiger partial charge in [-0.15, -0.1) is 0 Å². The van der Waals surface area contributed by atoms with Gasteiger partial charge in [-0.1, -0.05) is 42.5 Å². The van der Waals surface area contributed by atoms with Gasteiger partial charge >= 0.3 is 0 Å². The van der Waals surface area contributed by atoms with Crippen LogP contribution < -0.4 is 4.74 Å². The van der Waals surface area contributed by atoms with Crippen molar-refractivity contribution in [1.82, 2.24) is 0 Å². The molecule has 20 heavy (non-hydrogen) atoms. The van der Waals surface area contributed by atoms with Crippen LogP contribution in [0.2, 0.25) is 0 Å². The molecule has 0 spiro atoms. The molecule has 4 nitrogen and oxygen atoms in total. The molecule has 1 N–H and O–H groups in total. The fraction of sp³-hybridized carbons (Fsp3) is 0.188. The van der Waals surface area contributed by atoms with Crippen LogP contribution in [0, 0.1) is 0 Å². The first-order valence-electron chi connectivity index (χ1n) is 6.14. The number of ketones is 1. The Labute approximate surface area is 117 Å². The van der Waals surface area contributed by atoms with E-state index in [9.17, 15) is 9.90 Å². The number of benzene rings is 2. The molecule has 4 heteroatoms. The fourth-order valence-corrected chi connectivity index (χ4v) is 2.02. The standard InChI is InChI=1S/C16H16O4/c1-19-14-11-7-6-10-13(14)15(17)16(18,20-2)12-8-4-3-5-9-12/h3-11,18H,1-2H3. The number of rotatable bonds is 5. The number of Topliss-reactive ketones (excluding diaryl/α,β-unsaturated/α-hetero) is 1. The number of ether oxygens (including phenoxy) is 2. The zero-order valence-electron chi connectivity index (χ0n) is 11.4. The Morgan fingerprint density at radius 2 is 1.60 bits per heavy atom. The summed E-state index contributed by atoms with van der Waals surface area (Å²) in [6.07, 6.45) is 0. The average Bonchev–Trinajstić information content (AvgIpc) is 2.54. The van der Waals surface area contributed by atoms with Crippen LogP contribution in [-0.4, -0.2) is 25.1 Å². The molecular weight excluding hydrogens is 256 g/mol. The predicted octanol–water partition coefficient (Wildman–Crippen LogP) is 2.37. The third-order valence-electron chi connectivity index (χ3n) is 3.12. The van der Waals surface area contributed by atoms with Crippen LogP contribution in [0.4, 0.5) is 0 Å². The SMILES string of the molecule is COc1ccccc1C(=O)C(O)(OC)c1ccccc1. The molecule has 0 aliphatic carbocycles. The zero-order valence-corrected chi connectivity index (χ0v) is 11.4. The molecule has 0 aliphatic heterocycles. The van der Waals surface area contributed by atoms with Crippen LogP contribution in [0.25, 0.3) is 0 Å². The number of aliphatic hydroxyl groups is 1. The van der Waals surface area contributed by atoms with Gasteiger partial charge in [0.15, 0.2) is 0 Å². The molecule has 0 saturated carbocycles. The van der Waals surface area contributed by atoms with Gasteiger partial charge in [-0.3, -0.25) is 4.79 Å². The molecule has 2 rings (SSSR count). The van der Waals surface area contributed by atoms with Crippen LogP contribution in [0.3, 0.4) is 0 Å². The van der Waals surface area contributed by atoms with Gasteiger partial charge in [0.05, 0.1) is 12.7 Å². The highest BCUT2D eigenvalue weighted by molar-refractivity contribution is 6.04. The van der Waals surface area contributed by atoms with Gasteiger partial charge in [-0.05, 0) is 12.1 Å². The molecule has 0 amide bonds. The van der Waals surface area contributed by atoms with E-state index in [-0.39, 0.29) is 5.56 Å². The minimum atomic E-state index is -2.03. The maximum absolute atomic E-state index is 12.6. The topological polar surface area (TPSA) is 55.8 Å². The summed E-state index contributed by atoms with van der Waals surface area (Å²) < 4.78 is 10.2. The number of carbonyl (C=O) groups is 1. The van der Waals surface area contributed by atoms with Crippen molar-refractivity contribution in [1.29, 1.82) is 0 Å². The summed E-state index contributed by atoms with van der Waals surface area (Å²) in [6.45, 7) is 0. The van der Waals surface area contributed by atoms with Crippen molar-refractivity contribution in [3.05, 3.63) is 65.7 Å². The number of hydrogen-bond donors (Lipinski definition) is 1. The van der Waals surface area contributed by atoms with Gasteiger partial charge < -0.3 is 14.6 Å². The Kier molecular flexibility index (Phi) is 4.17. The van der Waals surface area contributed by atoms with E-state index in [1.54, 1.807) is 54.6 Å². The first-order valence-corrected chi connectivity index (χ1v) is 6.14. The van der Waals surface area contributed by atoms with Gasteiger partial charge in [-0.2, -0.15) is 0 Å². The van der Waals surface area contributed by atoms with Crippen molar-refractivity contribution in [2.24, 2.45) is 0 Å². The lowest BCUT2D eigenvalue weighted by Gasteiger charge is -2.25. The molecule has 0 radical (unpaired) electrons. The summed E-state index contributed by atoms with van der Waals surface area (Å²) >= 11 is 0. The van der Waals surface area contributed by atoms with E-state index in [4.69, 9.17) is 9.47 Å². The van der Waals surface area contributed by atoms with Crippen molar-refractivity contribution in [2.75, 3.05) is 14.2 Å². The second kappa shape index (κ2) is 5.86. The molecule has 104 valence electrons. The number of hydrogen-bond acceptors (Lipinski definition) is 4. The van der Waals surface area contributed by atoms with Crippen molar-refractivity contribution >= 4 is 5.78 Å². The summed E-state index contributed by atoms with van der Waals surface area (Å²) in [7, 11) is 2.76. The van der Waals surface area contributed by atoms with E-state index >= 15 is 0 Å². The van der Waals surface area contributed by atoms with E-state index < -0.39 is 11.6 Å². The Bertz CT molecular complexity index is 594. The van der Waals surface area contributed by atoms with Crippen molar-refractivity contribution in [2.45, 2.75) is 5.79 Å². The number of methoxy groups -OCH3 is 2. The van der Waals surface area contributed by atoms with Crippen molar-refractivity contribution in [3.63, 3.8) is 0 Å². The molecule has 0 bridgehead atoms. The normalized spacial score (nSPS) is 13.6. The summed E-state index contributed by atoms with van der Waals surface area (Å²) in [5, 5.41) is 10.6. The molecule has 2 aromatic carbocycles. The molecular formula is C16H16O4. The first kappa shape index (κ1) is 14.2. The van der Waals surface area contributed by atoms with Gasteiger partial charge in [0, 0.05) is 12.7 Å². The van der Waals surface area contributed by atoms with E-state index in [2.05, 4.69) is 0 Å². The molecule has 0 saturated heterocycles. The first-order chi connectivity index (χ1) is 9.63. The summed E-state index contributed by atoms with van der Waals surface area (Å²) in [5.74, 6) is -2.21. The second-order valence-electron chi connectivity index (χ2n) is 4.24. The van der Waals surface area contributed by atoms with Gasteiger partial charge in [-0.25, -0.2) is 0 Å². The highest BCUT2D eigenvalue weighted by atomic mass is 16.6. The lowest BCUT2D eigenvalue weighted by atomic mass is 9.95. The molecule has 0 aliphatic rings. The van der Waals surface area contributed by atoms with E-state index in [1.807, 2.05) is 0 Å². The van der Waals surface area contributed by atoms with Gasteiger partial charge in [0.2, 0.25) is 5.78 Å². The van der Waals surface area contributed by atoms with Crippen LogP contribution in [0.1, 0.15) is 15.9 Å². The van der Waals surface area contributed by atoms with Crippen molar-refractivity contribution < 1.29 is 19.4 Å². The summed E-state index contributed by atoms with van der Waals surface area (Å²) in [4.78, 5) is 12.6. The molecule has 0 aromatic heterocycles. The maximum atomic E-state index is 12.6. The predicted molar refractivity (Wildman–Crippen MR) is 74.7 cm³/mol. The van der Waals surface area contributed by atoms with E-state index in [0.29, 0.717) is 11.3 Å². The number of para-hydroxylation sites is 1. The van der Waals surface area contributed by atoms with Crippen LogP contribution in [0.5, 0.6) is 5.75 Å². The van der Waals surface area contributed by atoms with E-state index in [0.717, 1.165) is 0 Å². The molecule has 0 fully saturated rings. The summed E-state index contributed by atoms with van der Waals surface area (Å²) in [6, 6.07) is 15.2. The monoisotopic (exact) mass is 272 g/mol. The Balaban J connectivity index is 2.49. The van der Waals surface area contributed by atoms with Gasteiger partial charge in [0.1, 0.15) is 5.75 Å². The third-order valence-corrected chi connectivity index (χ3v) is 3.12. The second-order valence-corrected chi connectivity index (χ2v) is 4.24. The quantitative estimate of drug-likeness (QED) is 0.670. The van der Waals surface area contributed by atoms with Crippen molar-refractivity contribution in [3.8, 4) is 5.75 Å². The third kappa shape index (κ3) is 2.43. The van der Waals surface area contributed by atoms with Crippen LogP contribution in [0.15, 0.2) is 54.6 Å². The molecule has 1 atom stereocenters. The maximum Gasteiger partial charge on any atom is 0.258 e. The Morgan fingerprint density at radius 1 is 1.00 bits per heavy atom. The lowest BCUT2D eigenvalue weighted by Crippen LogP contribution is -2.38. The van der Waals surface area contributed by atoms with Crippen LogP contribution >= 0.6 is 0 Å². The Morgan fingerprint density at radius 3 is 2.20 bits per heavy atom. The molecule has 0 heterocycles. The smallest absolute Gasteiger partial charge is 0.258 e.